The van der Waals surface area contributed by atoms with Gasteiger partial charge in [-0.15, -0.1) is 0 Å². The first kappa shape index (κ1) is 15.8. The molecule has 2 aromatic rings. The van der Waals surface area contributed by atoms with Crippen LogP contribution in [0.2, 0.25) is 15.1 Å². The molecule has 0 saturated heterocycles. The van der Waals surface area contributed by atoms with Gasteiger partial charge in [0.2, 0.25) is 0 Å². The van der Waals surface area contributed by atoms with Crippen LogP contribution >= 0.6 is 50.7 Å². The number of rotatable bonds is 4. The van der Waals surface area contributed by atoms with Gasteiger partial charge in [0.05, 0.1) is 26.7 Å². The summed E-state index contributed by atoms with van der Waals surface area (Å²) in [7, 11) is 1.62. The van der Waals surface area contributed by atoms with E-state index in [1.807, 2.05) is 18.2 Å². The van der Waals surface area contributed by atoms with Gasteiger partial charge in [-0.1, -0.05) is 40.9 Å². The molecule has 2 rings (SSSR count). The summed E-state index contributed by atoms with van der Waals surface area (Å²) in [6.45, 7) is 0.361. The van der Waals surface area contributed by atoms with E-state index in [1.54, 1.807) is 19.2 Å². The highest BCUT2D eigenvalue weighted by molar-refractivity contribution is 9.10. The molecule has 0 radical (unpaired) electrons. The van der Waals surface area contributed by atoms with Crippen molar-refractivity contribution < 1.29 is 9.47 Å². The van der Waals surface area contributed by atoms with Crippen LogP contribution in [-0.4, -0.2) is 7.11 Å². The van der Waals surface area contributed by atoms with Gasteiger partial charge < -0.3 is 9.47 Å². The van der Waals surface area contributed by atoms with Crippen LogP contribution in [-0.2, 0) is 6.61 Å². The van der Waals surface area contributed by atoms with E-state index in [2.05, 4.69) is 15.9 Å². The zero-order valence-electron chi connectivity index (χ0n) is 10.4. The average molecular weight is 396 g/mol. The van der Waals surface area contributed by atoms with Crippen LogP contribution in [0.4, 0.5) is 0 Å². The summed E-state index contributed by atoms with van der Waals surface area (Å²) in [6.07, 6.45) is 0. The molecule has 0 aliphatic rings. The lowest BCUT2D eigenvalue weighted by Crippen LogP contribution is -1.97. The summed E-state index contributed by atoms with van der Waals surface area (Å²) in [5.74, 6) is 1.26. The predicted octanol–water partition coefficient (Wildman–Crippen LogP) is 6.00. The zero-order chi connectivity index (χ0) is 14.7. The molecule has 2 aromatic carbocycles. The van der Waals surface area contributed by atoms with E-state index < -0.39 is 0 Å². The van der Waals surface area contributed by atoms with Crippen LogP contribution in [0.1, 0.15) is 5.56 Å². The van der Waals surface area contributed by atoms with Crippen LogP contribution in [0.25, 0.3) is 0 Å². The minimum atomic E-state index is 0.361. The van der Waals surface area contributed by atoms with Gasteiger partial charge >= 0.3 is 0 Å². The molecule has 20 heavy (non-hydrogen) atoms. The summed E-state index contributed by atoms with van der Waals surface area (Å²) in [5.41, 5.74) is 0.972. The molecule has 0 fully saturated rings. The van der Waals surface area contributed by atoms with E-state index in [0.717, 1.165) is 15.8 Å². The lowest BCUT2D eigenvalue weighted by Gasteiger charge is -2.10. The monoisotopic (exact) mass is 394 g/mol. The maximum absolute atomic E-state index is 6.05. The Morgan fingerprint density at radius 1 is 0.950 bits per heavy atom. The largest absolute Gasteiger partial charge is 0.496 e. The number of halogens is 4. The SMILES string of the molecule is COc1ccc(COc2cc(Cl)c(Cl)cc2Cl)cc1Br. The topological polar surface area (TPSA) is 18.5 Å². The summed E-state index contributed by atoms with van der Waals surface area (Å²) < 4.78 is 11.7. The Labute approximate surface area is 140 Å². The number of benzene rings is 2. The van der Waals surface area contributed by atoms with Gasteiger partial charge in [0.25, 0.3) is 0 Å². The molecule has 0 saturated carbocycles. The fourth-order valence-electron chi connectivity index (χ4n) is 1.58. The maximum atomic E-state index is 6.05. The fraction of sp³-hybridized carbons (Fsp3) is 0.143. The molecule has 0 unspecified atom stereocenters. The fourth-order valence-corrected chi connectivity index (χ4v) is 2.76. The Balaban J connectivity index is 2.13. The van der Waals surface area contributed by atoms with Crippen LogP contribution in [0, 0.1) is 0 Å². The number of hydrogen-bond acceptors (Lipinski definition) is 2. The van der Waals surface area contributed by atoms with Gasteiger partial charge in [-0.25, -0.2) is 0 Å². The van der Waals surface area contributed by atoms with E-state index in [0.29, 0.717) is 27.4 Å². The Bertz CT molecular complexity index is 632. The molecule has 0 atom stereocenters. The molecule has 0 aliphatic heterocycles. The molecular formula is C14H10BrCl3O2. The van der Waals surface area contributed by atoms with Crippen LogP contribution in [0.15, 0.2) is 34.8 Å². The normalized spacial score (nSPS) is 10.4. The van der Waals surface area contributed by atoms with Crippen molar-refractivity contribution in [1.82, 2.24) is 0 Å². The highest BCUT2D eigenvalue weighted by Crippen LogP contribution is 2.34. The molecule has 0 bridgehead atoms. The summed E-state index contributed by atoms with van der Waals surface area (Å²) in [5, 5.41) is 1.23. The van der Waals surface area contributed by atoms with Gasteiger partial charge in [0.1, 0.15) is 18.1 Å². The number of methoxy groups -OCH3 is 1. The van der Waals surface area contributed by atoms with Crippen LogP contribution in [0.3, 0.4) is 0 Å². The second-order valence-corrected chi connectivity index (χ2v) is 6.03. The lowest BCUT2D eigenvalue weighted by molar-refractivity contribution is 0.306. The van der Waals surface area contributed by atoms with Crippen LogP contribution in [0.5, 0.6) is 11.5 Å². The van der Waals surface area contributed by atoms with E-state index in [1.165, 1.54) is 0 Å². The highest BCUT2D eigenvalue weighted by Gasteiger charge is 2.08. The summed E-state index contributed by atoms with van der Waals surface area (Å²) in [6, 6.07) is 8.86. The van der Waals surface area contributed by atoms with Gasteiger partial charge in [-0.05, 0) is 39.7 Å². The molecule has 0 aliphatic carbocycles. The van der Waals surface area contributed by atoms with Gasteiger partial charge in [-0.2, -0.15) is 0 Å². The van der Waals surface area contributed by atoms with Gasteiger partial charge in [-0.3, -0.25) is 0 Å². The first-order valence-electron chi connectivity index (χ1n) is 5.61. The van der Waals surface area contributed by atoms with Gasteiger partial charge in [0, 0.05) is 6.07 Å². The Morgan fingerprint density at radius 2 is 1.65 bits per heavy atom. The van der Waals surface area contributed by atoms with Crippen LogP contribution < -0.4 is 9.47 Å². The van der Waals surface area contributed by atoms with Crippen molar-refractivity contribution in [2.45, 2.75) is 6.61 Å². The van der Waals surface area contributed by atoms with E-state index >= 15 is 0 Å². The number of hydrogen-bond donors (Lipinski definition) is 0. The first-order chi connectivity index (χ1) is 9.51. The third-order valence-corrected chi connectivity index (χ3v) is 4.22. The molecule has 0 aromatic heterocycles. The summed E-state index contributed by atoms with van der Waals surface area (Å²) >= 11 is 21.3. The van der Waals surface area contributed by atoms with Crippen molar-refractivity contribution in [3.63, 3.8) is 0 Å². The minimum absolute atomic E-state index is 0.361. The maximum Gasteiger partial charge on any atom is 0.139 e. The molecule has 6 heteroatoms. The quantitative estimate of drug-likeness (QED) is 0.591. The molecule has 0 amide bonds. The molecule has 0 spiro atoms. The van der Waals surface area contributed by atoms with Crippen molar-refractivity contribution in [1.29, 1.82) is 0 Å². The van der Waals surface area contributed by atoms with Gasteiger partial charge in [0.15, 0.2) is 0 Å². The Kier molecular flexibility index (Phi) is 5.44. The van der Waals surface area contributed by atoms with E-state index in [9.17, 15) is 0 Å². The third kappa shape index (κ3) is 3.73. The van der Waals surface area contributed by atoms with Crippen molar-refractivity contribution >= 4 is 50.7 Å². The molecule has 106 valence electrons. The average Bonchev–Trinajstić information content (AvgIpc) is 2.41. The molecule has 0 heterocycles. The third-order valence-electron chi connectivity index (χ3n) is 2.59. The van der Waals surface area contributed by atoms with E-state index in [4.69, 9.17) is 44.3 Å². The molecular weight excluding hydrogens is 386 g/mol. The lowest BCUT2D eigenvalue weighted by atomic mass is 10.2. The second-order valence-electron chi connectivity index (χ2n) is 3.95. The standard InChI is InChI=1S/C14H10BrCl3O2/c1-19-13-3-2-8(4-9(13)15)7-20-14-6-11(17)10(16)5-12(14)18/h2-6H,7H2,1H3. The summed E-state index contributed by atoms with van der Waals surface area (Å²) in [4.78, 5) is 0. The molecule has 0 N–H and O–H groups in total. The second kappa shape index (κ2) is 6.90. The predicted molar refractivity (Wildman–Crippen MR) is 86.5 cm³/mol. The zero-order valence-corrected chi connectivity index (χ0v) is 14.3. The number of ether oxygens (including phenoxy) is 2. The first-order valence-corrected chi connectivity index (χ1v) is 7.53. The molecule has 2 nitrogen and oxygen atoms in total. The van der Waals surface area contributed by atoms with E-state index in [-0.39, 0.29) is 0 Å². The smallest absolute Gasteiger partial charge is 0.139 e. The van der Waals surface area contributed by atoms with Crippen molar-refractivity contribution in [2.75, 3.05) is 7.11 Å². The minimum Gasteiger partial charge on any atom is -0.496 e. The Morgan fingerprint density at radius 3 is 2.30 bits per heavy atom. The van der Waals surface area contributed by atoms with Crippen molar-refractivity contribution in [2.24, 2.45) is 0 Å². The van der Waals surface area contributed by atoms with Crippen molar-refractivity contribution in [3.8, 4) is 11.5 Å². The van der Waals surface area contributed by atoms with Crippen molar-refractivity contribution in [3.05, 3.63) is 55.4 Å². The Hall–Kier alpha value is -0.610. The highest BCUT2D eigenvalue weighted by atomic mass is 79.9.